The van der Waals surface area contributed by atoms with Crippen molar-refractivity contribution in [2.45, 2.75) is 41.5 Å². The van der Waals surface area contributed by atoms with Gasteiger partial charge in [0.05, 0.1) is 22.8 Å². The lowest BCUT2D eigenvalue weighted by Crippen LogP contribution is -2.02. The van der Waals surface area contributed by atoms with E-state index in [1.807, 2.05) is 50.2 Å². The van der Waals surface area contributed by atoms with Crippen molar-refractivity contribution in [3.8, 4) is 0 Å². The van der Waals surface area contributed by atoms with Gasteiger partial charge in [0.15, 0.2) is 0 Å². The lowest BCUT2D eigenvalue weighted by Gasteiger charge is -2.07. The summed E-state index contributed by atoms with van der Waals surface area (Å²) in [5, 5.41) is 8.34. The van der Waals surface area contributed by atoms with Crippen molar-refractivity contribution >= 4 is 35.6 Å². The molecule has 0 saturated carbocycles. The quantitative estimate of drug-likeness (QED) is 0.206. The molecule has 0 spiro atoms. The molecular formula is C28H30N4O2. The van der Waals surface area contributed by atoms with E-state index in [9.17, 15) is 0 Å². The highest BCUT2D eigenvalue weighted by molar-refractivity contribution is 6.01. The molecule has 0 unspecified atom stereocenters. The molecule has 174 valence electrons. The summed E-state index contributed by atoms with van der Waals surface area (Å²) in [7, 11) is 0. The number of rotatable bonds is 8. The molecule has 0 bridgehead atoms. The largest absolute Gasteiger partial charge is 0.344 e. The third-order valence-corrected chi connectivity index (χ3v) is 5.39. The number of hydrogen-bond acceptors (Lipinski definition) is 6. The van der Waals surface area contributed by atoms with Crippen LogP contribution in [0.15, 0.2) is 81.0 Å². The van der Waals surface area contributed by atoms with Gasteiger partial charge in [-0.1, -0.05) is 52.8 Å². The number of nitrogens with zero attached hydrogens (tertiary/aromatic N) is 4. The zero-order chi connectivity index (χ0) is 24.5. The Labute approximate surface area is 201 Å². The first-order valence-corrected chi connectivity index (χ1v) is 11.1. The van der Waals surface area contributed by atoms with Gasteiger partial charge >= 0.3 is 0 Å². The van der Waals surface area contributed by atoms with E-state index in [1.54, 1.807) is 0 Å². The summed E-state index contributed by atoms with van der Waals surface area (Å²) in [6.07, 6.45) is 2.63. The summed E-state index contributed by atoms with van der Waals surface area (Å²) in [4.78, 5) is 19.2. The smallest absolute Gasteiger partial charge is 0.212 e. The molecule has 0 atom stereocenters. The molecule has 3 aromatic rings. The average Bonchev–Trinajstić information content (AvgIpc) is 2.80. The van der Waals surface area contributed by atoms with E-state index >= 15 is 0 Å². The van der Waals surface area contributed by atoms with E-state index in [0.29, 0.717) is 11.4 Å². The Morgan fingerprint density at radius 2 is 0.941 bits per heavy atom. The zero-order valence-electron chi connectivity index (χ0n) is 20.5. The van der Waals surface area contributed by atoms with Gasteiger partial charge in [-0.3, -0.25) is 0 Å². The lowest BCUT2D eigenvalue weighted by atomic mass is 10.00. The van der Waals surface area contributed by atoms with Gasteiger partial charge < -0.3 is 9.68 Å². The Morgan fingerprint density at radius 3 is 1.32 bits per heavy atom. The van der Waals surface area contributed by atoms with Crippen molar-refractivity contribution in [1.82, 2.24) is 0 Å². The second-order valence-corrected chi connectivity index (χ2v) is 8.09. The summed E-state index contributed by atoms with van der Waals surface area (Å²) >= 11 is 0. The Kier molecular flexibility index (Phi) is 8.46. The molecule has 0 aliphatic heterocycles. The summed E-state index contributed by atoms with van der Waals surface area (Å²) < 4.78 is 0. The van der Waals surface area contributed by atoms with Crippen molar-refractivity contribution < 1.29 is 9.68 Å². The van der Waals surface area contributed by atoms with E-state index in [0.717, 1.165) is 44.8 Å². The molecule has 34 heavy (non-hydrogen) atoms. The first kappa shape index (κ1) is 24.6. The van der Waals surface area contributed by atoms with Crippen LogP contribution in [0.5, 0.6) is 0 Å². The molecule has 0 aromatic heterocycles. The van der Waals surface area contributed by atoms with Crippen LogP contribution in [0.1, 0.15) is 47.2 Å². The number of aliphatic imine (C=N–C) groups is 2. The minimum Gasteiger partial charge on any atom is -0.344 e. The van der Waals surface area contributed by atoms with Crippen molar-refractivity contribution in [2.24, 2.45) is 20.3 Å². The molecule has 0 radical (unpaired) electrons. The maximum atomic E-state index is 5.31. The summed E-state index contributed by atoms with van der Waals surface area (Å²) in [6.45, 7) is 12.1. The number of oxime groups is 2. The van der Waals surface area contributed by atoms with Gasteiger partial charge in [-0.25, -0.2) is 9.98 Å². The van der Waals surface area contributed by atoms with E-state index in [1.165, 1.54) is 12.8 Å². The van der Waals surface area contributed by atoms with Crippen LogP contribution in [-0.2, 0) is 9.68 Å². The van der Waals surface area contributed by atoms with Gasteiger partial charge in [0.25, 0.3) is 0 Å². The molecule has 3 aromatic carbocycles. The minimum absolute atomic E-state index is 0.685. The molecule has 0 aliphatic rings. The molecule has 0 N–H and O–H groups in total. The third-order valence-electron chi connectivity index (χ3n) is 5.39. The van der Waals surface area contributed by atoms with E-state index in [2.05, 4.69) is 72.3 Å². The third kappa shape index (κ3) is 6.48. The van der Waals surface area contributed by atoms with E-state index in [-0.39, 0.29) is 0 Å². The first-order chi connectivity index (χ1) is 16.4. The second kappa shape index (κ2) is 11.7. The van der Waals surface area contributed by atoms with Gasteiger partial charge in [-0.2, -0.15) is 0 Å². The van der Waals surface area contributed by atoms with Crippen LogP contribution in [0.4, 0.5) is 11.4 Å². The molecule has 0 saturated heterocycles. The monoisotopic (exact) mass is 454 g/mol. The van der Waals surface area contributed by atoms with Crippen LogP contribution in [0, 0.1) is 27.7 Å². The van der Waals surface area contributed by atoms with Crippen LogP contribution >= 0.6 is 0 Å². The van der Waals surface area contributed by atoms with Gasteiger partial charge in [0.1, 0.15) is 0 Å². The normalized spacial score (nSPS) is 12.5. The summed E-state index contributed by atoms with van der Waals surface area (Å²) in [5.74, 6) is 0. The number of benzene rings is 3. The molecule has 6 nitrogen and oxygen atoms in total. The average molecular weight is 455 g/mol. The van der Waals surface area contributed by atoms with Gasteiger partial charge in [0.2, 0.25) is 12.8 Å². The zero-order valence-corrected chi connectivity index (χ0v) is 20.5. The highest BCUT2D eigenvalue weighted by Crippen LogP contribution is 2.20. The van der Waals surface area contributed by atoms with Gasteiger partial charge in [-0.15, -0.1) is 0 Å². The Morgan fingerprint density at radius 1 is 0.588 bits per heavy atom. The molecule has 0 heterocycles. The van der Waals surface area contributed by atoms with Crippen LogP contribution in [0.3, 0.4) is 0 Å². The predicted octanol–water partition coefficient (Wildman–Crippen LogP) is 7.12. The molecule has 0 aliphatic carbocycles. The van der Waals surface area contributed by atoms with Crippen molar-refractivity contribution in [3.05, 3.63) is 94.0 Å². The fraction of sp³-hybridized carbons (Fsp3) is 0.214. The van der Waals surface area contributed by atoms with Crippen LogP contribution in [0.2, 0.25) is 0 Å². The minimum atomic E-state index is 0.685. The van der Waals surface area contributed by atoms with E-state index in [4.69, 9.17) is 9.68 Å². The van der Waals surface area contributed by atoms with Crippen LogP contribution < -0.4 is 0 Å². The van der Waals surface area contributed by atoms with Crippen LogP contribution in [-0.4, -0.2) is 24.2 Å². The topological polar surface area (TPSA) is 67.9 Å². The molecule has 3 rings (SSSR count). The predicted molar refractivity (Wildman–Crippen MR) is 141 cm³/mol. The molecule has 6 heteroatoms. The molecule has 0 amide bonds. The molecule has 0 fully saturated rings. The maximum Gasteiger partial charge on any atom is 0.212 e. The number of hydrogen-bond donors (Lipinski definition) is 0. The fourth-order valence-electron chi connectivity index (χ4n) is 3.89. The standard InChI is InChI=1S/C28H30N4O2/c1-19-10-7-11-20(2)27(19)23(5)31-33-17-29-25-14-9-15-26(16-25)30-18-34-32-24(6)28-21(3)12-8-13-22(28)4/h7-18H,1-6H3/b29-17+,30-18+,31-23+,32-24+. The first-order valence-electron chi connectivity index (χ1n) is 11.1. The maximum absolute atomic E-state index is 5.31. The SMILES string of the molecule is C/C(=N\O/C=N/c1cccc(/N=C/O/N=C(\C)c2c(C)cccc2C)c1)c1c(C)cccc1C. The Balaban J connectivity index is 1.60. The van der Waals surface area contributed by atoms with Crippen molar-refractivity contribution in [3.63, 3.8) is 0 Å². The highest BCUT2D eigenvalue weighted by atomic mass is 16.6. The lowest BCUT2D eigenvalue weighted by molar-refractivity contribution is 0.345. The van der Waals surface area contributed by atoms with E-state index < -0.39 is 0 Å². The summed E-state index contributed by atoms with van der Waals surface area (Å²) in [6, 6.07) is 19.7. The highest BCUT2D eigenvalue weighted by Gasteiger charge is 2.06. The van der Waals surface area contributed by atoms with Gasteiger partial charge in [-0.05, 0) is 82.0 Å². The Bertz CT molecular complexity index is 1140. The Hall–Kier alpha value is -4.06. The fourth-order valence-corrected chi connectivity index (χ4v) is 3.89. The van der Waals surface area contributed by atoms with Crippen LogP contribution in [0.25, 0.3) is 0 Å². The number of aryl methyl sites for hydroxylation is 4. The molecular weight excluding hydrogens is 424 g/mol. The second-order valence-electron chi connectivity index (χ2n) is 8.09. The van der Waals surface area contributed by atoms with Crippen molar-refractivity contribution in [2.75, 3.05) is 0 Å². The summed E-state index contributed by atoms with van der Waals surface area (Å²) in [5.41, 5.74) is 9.76. The van der Waals surface area contributed by atoms with Crippen molar-refractivity contribution in [1.29, 1.82) is 0 Å². The van der Waals surface area contributed by atoms with Gasteiger partial charge in [0, 0.05) is 11.1 Å².